The minimum atomic E-state index is 0.0797. The maximum atomic E-state index is 9.12. The van der Waals surface area contributed by atoms with Crippen LogP contribution in [-0.4, -0.2) is 35.3 Å². The Labute approximate surface area is 110 Å². The second-order valence-corrected chi connectivity index (χ2v) is 5.77. The van der Waals surface area contributed by atoms with Gasteiger partial charge in [-0.15, -0.1) is 0 Å². The summed E-state index contributed by atoms with van der Waals surface area (Å²) in [5, 5.41) is 12.5. The van der Waals surface area contributed by atoms with Crippen LogP contribution in [0.4, 0.5) is 5.82 Å². The van der Waals surface area contributed by atoms with Crippen LogP contribution in [0.3, 0.4) is 0 Å². The van der Waals surface area contributed by atoms with Crippen molar-refractivity contribution in [1.29, 1.82) is 0 Å². The summed E-state index contributed by atoms with van der Waals surface area (Å²) in [4.78, 5) is 6.40. The second-order valence-electron chi connectivity index (χ2n) is 5.77. The van der Waals surface area contributed by atoms with E-state index < -0.39 is 0 Å². The molecule has 102 valence electrons. The molecule has 0 saturated carbocycles. The van der Waals surface area contributed by atoms with E-state index in [0.29, 0.717) is 0 Å². The molecular weight excluding hydrogens is 226 g/mol. The van der Waals surface area contributed by atoms with Crippen molar-refractivity contribution in [3.8, 4) is 0 Å². The number of rotatable bonds is 5. The van der Waals surface area contributed by atoms with Crippen molar-refractivity contribution in [3.05, 3.63) is 23.9 Å². The van der Waals surface area contributed by atoms with Crippen LogP contribution in [0.1, 0.15) is 33.3 Å². The number of anilines is 1. The smallest absolute Gasteiger partial charge is 0.128 e. The van der Waals surface area contributed by atoms with Crippen LogP contribution in [0.5, 0.6) is 0 Å². The summed E-state index contributed by atoms with van der Waals surface area (Å²) in [5.41, 5.74) is 1.28. The molecule has 0 aromatic carbocycles. The normalized spacial score (nSPS) is 13.4. The van der Waals surface area contributed by atoms with Gasteiger partial charge in [0.1, 0.15) is 5.82 Å². The lowest BCUT2D eigenvalue weighted by molar-refractivity contribution is 0.270. The van der Waals surface area contributed by atoms with E-state index in [0.717, 1.165) is 12.4 Å². The van der Waals surface area contributed by atoms with Crippen molar-refractivity contribution < 1.29 is 5.11 Å². The van der Waals surface area contributed by atoms with E-state index in [1.807, 2.05) is 31.1 Å². The highest BCUT2D eigenvalue weighted by atomic mass is 16.3. The third-order valence-corrected chi connectivity index (χ3v) is 2.92. The lowest BCUT2D eigenvalue weighted by Gasteiger charge is -2.24. The fourth-order valence-corrected chi connectivity index (χ4v) is 1.45. The number of aliphatic hydroxyl groups is 1. The van der Waals surface area contributed by atoms with Crippen LogP contribution in [0.15, 0.2) is 18.3 Å². The Bertz CT molecular complexity index is 356. The number of likely N-dealkylation sites (N-methyl/N-ethyl adjacent to an activating group) is 1. The van der Waals surface area contributed by atoms with Gasteiger partial charge in [0.05, 0.1) is 12.6 Å². The van der Waals surface area contributed by atoms with Crippen molar-refractivity contribution in [1.82, 2.24) is 10.3 Å². The number of aliphatic hydroxyl groups excluding tert-OH is 1. The summed E-state index contributed by atoms with van der Waals surface area (Å²) >= 11 is 0. The number of aromatic nitrogens is 1. The highest BCUT2D eigenvalue weighted by Gasteiger charge is 2.11. The minimum Gasteiger partial charge on any atom is -0.394 e. The van der Waals surface area contributed by atoms with Gasteiger partial charge in [-0.3, -0.25) is 0 Å². The Morgan fingerprint density at radius 3 is 2.50 bits per heavy atom. The average molecular weight is 251 g/mol. The number of hydrogen-bond acceptors (Lipinski definition) is 4. The SMILES string of the molecule is CC(CO)N(C)c1ccc(CNC(C)(C)C)cn1. The van der Waals surface area contributed by atoms with E-state index in [-0.39, 0.29) is 18.2 Å². The van der Waals surface area contributed by atoms with E-state index in [4.69, 9.17) is 5.11 Å². The summed E-state index contributed by atoms with van der Waals surface area (Å²) in [7, 11) is 1.94. The van der Waals surface area contributed by atoms with Crippen molar-refractivity contribution in [2.75, 3.05) is 18.6 Å². The number of pyridine rings is 1. The molecule has 0 radical (unpaired) electrons. The van der Waals surface area contributed by atoms with Gasteiger partial charge < -0.3 is 15.3 Å². The van der Waals surface area contributed by atoms with Gasteiger partial charge in [-0.25, -0.2) is 4.98 Å². The van der Waals surface area contributed by atoms with Gasteiger partial charge in [0.25, 0.3) is 0 Å². The first-order chi connectivity index (χ1) is 8.33. The predicted octanol–water partition coefficient (Wildman–Crippen LogP) is 1.79. The van der Waals surface area contributed by atoms with E-state index in [1.54, 1.807) is 0 Å². The maximum Gasteiger partial charge on any atom is 0.128 e. The molecule has 1 rings (SSSR count). The number of nitrogens with one attached hydrogen (secondary N) is 1. The topological polar surface area (TPSA) is 48.4 Å². The standard InChI is InChI=1S/C14H25N3O/c1-11(10-18)17(5)13-7-6-12(8-15-13)9-16-14(2,3)4/h6-8,11,16,18H,9-10H2,1-5H3. The molecule has 0 saturated heterocycles. The van der Waals surface area contributed by atoms with Crippen molar-refractivity contribution in [2.45, 2.75) is 45.8 Å². The molecule has 1 aromatic heterocycles. The molecule has 4 nitrogen and oxygen atoms in total. The van der Waals surface area contributed by atoms with Crippen molar-refractivity contribution in [2.24, 2.45) is 0 Å². The molecule has 1 unspecified atom stereocenters. The van der Waals surface area contributed by atoms with Crippen molar-refractivity contribution >= 4 is 5.82 Å². The highest BCUT2D eigenvalue weighted by molar-refractivity contribution is 5.39. The van der Waals surface area contributed by atoms with Crippen LogP contribution < -0.4 is 10.2 Å². The van der Waals surface area contributed by atoms with Crippen LogP contribution in [0.2, 0.25) is 0 Å². The van der Waals surface area contributed by atoms with E-state index >= 15 is 0 Å². The summed E-state index contributed by atoms with van der Waals surface area (Å²) in [6, 6.07) is 4.14. The molecule has 4 heteroatoms. The zero-order chi connectivity index (χ0) is 13.8. The molecule has 0 amide bonds. The lowest BCUT2D eigenvalue weighted by atomic mass is 10.1. The van der Waals surface area contributed by atoms with Gasteiger partial charge in [0.15, 0.2) is 0 Å². The summed E-state index contributed by atoms with van der Waals surface area (Å²) in [5.74, 6) is 0.885. The first-order valence-electron chi connectivity index (χ1n) is 6.37. The summed E-state index contributed by atoms with van der Waals surface area (Å²) < 4.78 is 0. The molecule has 0 bridgehead atoms. The predicted molar refractivity (Wildman–Crippen MR) is 75.8 cm³/mol. The van der Waals surface area contributed by atoms with Gasteiger partial charge in [-0.05, 0) is 39.3 Å². The van der Waals surface area contributed by atoms with Crippen LogP contribution in [0, 0.1) is 0 Å². The van der Waals surface area contributed by atoms with E-state index in [1.165, 1.54) is 5.56 Å². The van der Waals surface area contributed by atoms with Gasteiger partial charge in [-0.1, -0.05) is 6.07 Å². The van der Waals surface area contributed by atoms with Gasteiger partial charge in [0, 0.05) is 25.3 Å². The molecule has 18 heavy (non-hydrogen) atoms. The molecule has 0 fully saturated rings. The number of nitrogens with zero attached hydrogens (tertiary/aromatic N) is 2. The van der Waals surface area contributed by atoms with Crippen LogP contribution in [0.25, 0.3) is 0 Å². The molecule has 0 spiro atoms. The van der Waals surface area contributed by atoms with Crippen LogP contribution in [-0.2, 0) is 6.54 Å². The van der Waals surface area contributed by atoms with E-state index in [2.05, 4.69) is 37.1 Å². The number of hydrogen-bond donors (Lipinski definition) is 2. The monoisotopic (exact) mass is 251 g/mol. The summed E-state index contributed by atoms with van der Waals surface area (Å²) in [6.45, 7) is 9.35. The highest BCUT2D eigenvalue weighted by Crippen LogP contribution is 2.12. The molecule has 1 aromatic rings. The Kier molecular flexibility index (Phi) is 5.11. The Hall–Kier alpha value is -1.13. The maximum absolute atomic E-state index is 9.12. The lowest BCUT2D eigenvalue weighted by Crippen LogP contribution is -2.35. The average Bonchev–Trinajstić information content (AvgIpc) is 2.34. The first-order valence-corrected chi connectivity index (χ1v) is 6.37. The quantitative estimate of drug-likeness (QED) is 0.837. The Balaban J connectivity index is 2.63. The molecule has 2 N–H and O–H groups in total. The molecular formula is C14H25N3O. The van der Waals surface area contributed by atoms with Crippen LogP contribution >= 0.6 is 0 Å². The van der Waals surface area contributed by atoms with Gasteiger partial charge >= 0.3 is 0 Å². The fourth-order valence-electron chi connectivity index (χ4n) is 1.45. The first kappa shape index (κ1) is 14.9. The fraction of sp³-hybridized carbons (Fsp3) is 0.643. The molecule has 0 aliphatic rings. The molecule has 1 heterocycles. The molecule has 0 aliphatic carbocycles. The molecule has 1 atom stereocenters. The largest absolute Gasteiger partial charge is 0.394 e. The zero-order valence-corrected chi connectivity index (χ0v) is 12.1. The minimum absolute atomic E-state index is 0.0797. The Morgan fingerprint density at radius 2 is 2.06 bits per heavy atom. The van der Waals surface area contributed by atoms with Gasteiger partial charge in [-0.2, -0.15) is 0 Å². The second kappa shape index (κ2) is 6.16. The summed E-state index contributed by atoms with van der Waals surface area (Å²) in [6.07, 6.45) is 1.88. The third kappa shape index (κ3) is 4.63. The van der Waals surface area contributed by atoms with E-state index in [9.17, 15) is 0 Å². The third-order valence-electron chi connectivity index (χ3n) is 2.92. The zero-order valence-electron chi connectivity index (χ0n) is 12.1. The molecule has 0 aliphatic heterocycles. The van der Waals surface area contributed by atoms with Gasteiger partial charge in [0.2, 0.25) is 0 Å². The van der Waals surface area contributed by atoms with Crippen molar-refractivity contribution in [3.63, 3.8) is 0 Å². The Morgan fingerprint density at radius 1 is 1.39 bits per heavy atom.